The molecular formula is C14H14N2O5. The lowest BCUT2D eigenvalue weighted by molar-refractivity contribution is -0.139. The third-order valence-corrected chi connectivity index (χ3v) is 2.77. The van der Waals surface area contributed by atoms with Crippen LogP contribution in [0.25, 0.3) is 0 Å². The molecule has 0 saturated carbocycles. The van der Waals surface area contributed by atoms with Crippen molar-refractivity contribution in [2.75, 3.05) is 13.7 Å². The van der Waals surface area contributed by atoms with E-state index >= 15 is 0 Å². The normalized spacial score (nSPS) is 18.5. The zero-order valence-electron chi connectivity index (χ0n) is 11.6. The number of ether oxygens (including phenoxy) is 2. The predicted molar refractivity (Wildman–Crippen MR) is 72.0 cm³/mol. The smallest absolute Gasteiger partial charge is 0.356 e. The second-order valence-corrected chi connectivity index (χ2v) is 4.06. The highest BCUT2D eigenvalue weighted by Crippen LogP contribution is 2.24. The molecule has 0 fully saturated rings. The van der Waals surface area contributed by atoms with Gasteiger partial charge in [-0.25, -0.2) is 9.59 Å². The Morgan fingerprint density at radius 1 is 1.38 bits per heavy atom. The summed E-state index contributed by atoms with van der Waals surface area (Å²) in [5, 5.41) is 2.64. The van der Waals surface area contributed by atoms with Crippen LogP contribution in [0.1, 0.15) is 6.92 Å². The van der Waals surface area contributed by atoms with Crippen molar-refractivity contribution in [1.29, 1.82) is 0 Å². The molecule has 2 heterocycles. The first-order chi connectivity index (χ1) is 10.1. The van der Waals surface area contributed by atoms with E-state index in [4.69, 9.17) is 4.74 Å². The minimum atomic E-state index is -0.700. The molecule has 0 aromatic carbocycles. The molecule has 0 saturated heterocycles. The van der Waals surface area contributed by atoms with Crippen molar-refractivity contribution in [2.45, 2.75) is 6.92 Å². The van der Waals surface area contributed by atoms with Gasteiger partial charge in [-0.15, -0.1) is 0 Å². The van der Waals surface area contributed by atoms with Crippen LogP contribution >= 0.6 is 0 Å². The minimum absolute atomic E-state index is 0.0615. The molecule has 110 valence electrons. The van der Waals surface area contributed by atoms with E-state index in [1.807, 2.05) is 0 Å². The van der Waals surface area contributed by atoms with Crippen LogP contribution in [0.5, 0.6) is 0 Å². The van der Waals surface area contributed by atoms with Crippen LogP contribution in [0.15, 0.2) is 47.6 Å². The molecule has 2 aliphatic heterocycles. The zero-order valence-corrected chi connectivity index (χ0v) is 11.6. The van der Waals surface area contributed by atoms with E-state index in [0.717, 1.165) is 6.08 Å². The Balaban J connectivity index is 2.45. The molecule has 2 rings (SSSR count). The lowest BCUT2D eigenvalue weighted by Crippen LogP contribution is -2.42. The third kappa shape index (κ3) is 2.86. The third-order valence-electron chi connectivity index (χ3n) is 2.77. The van der Waals surface area contributed by atoms with E-state index in [1.165, 1.54) is 18.2 Å². The molecule has 21 heavy (non-hydrogen) atoms. The Morgan fingerprint density at radius 2 is 2.14 bits per heavy atom. The van der Waals surface area contributed by atoms with Crippen LogP contribution in [0.4, 0.5) is 0 Å². The molecule has 1 amide bonds. The van der Waals surface area contributed by atoms with Gasteiger partial charge >= 0.3 is 11.9 Å². The highest BCUT2D eigenvalue weighted by Gasteiger charge is 2.33. The summed E-state index contributed by atoms with van der Waals surface area (Å²) in [7, 11) is 1.20. The van der Waals surface area contributed by atoms with Crippen LogP contribution in [-0.2, 0) is 23.9 Å². The number of allylic oxidation sites excluding steroid dienone is 3. The summed E-state index contributed by atoms with van der Waals surface area (Å²) in [6.45, 7) is 1.87. The van der Waals surface area contributed by atoms with Gasteiger partial charge in [0.2, 0.25) is 0 Å². The van der Waals surface area contributed by atoms with Gasteiger partial charge in [-0.1, -0.05) is 6.08 Å². The monoisotopic (exact) mass is 290 g/mol. The highest BCUT2D eigenvalue weighted by atomic mass is 16.5. The number of fused-ring (bicyclic) bond motifs is 1. The topological polar surface area (TPSA) is 84.9 Å². The first-order valence-electron chi connectivity index (χ1n) is 6.25. The number of rotatable bonds is 3. The lowest BCUT2D eigenvalue weighted by atomic mass is 10.1. The molecule has 0 aromatic heterocycles. The van der Waals surface area contributed by atoms with E-state index < -0.39 is 17.8 Å². The average molecular weight is 290 g/mol. The maximum Gasteiger partial charge on any atom is 0.356 e. The number of nitrogens with zero attached hydrogens (tertiary/aromatic N) is 1. The van der Waals surface area contributed by atoms with Crippen LogP contribution in [-0.4, -0.2) is 36.5 Å². The molecule has 1 N–H and O–H groups in total. The number of carbonyl (C=O) groups is 3. The summed E-state index contributed by atoms with van der Waals surface area (Å²) in [6.07, 6.45) is 7.43. The molecule has 7 nitrogen and oxygen atoms in total. The first-order valence-corrected chi connectivity index (χ1v) is 6.25. The van der Waals surface area contributed by atoms with Crippen LogP contribution < -0.4 is 5.32 Å². The molecule has 0 bridgehead atoms. The number of carbonyl (C=O) groups excluding carboxylic acids is 3. The first kappa shape index (κ1) is 14.6. The van der Waals surface area contributed by atoms with E-state index in [9.17, 15) is 14.4 Å². The highest BCUT2D eigenvalue weighted by molar-refractivity contribution is 6.05. The van der Waals surface area contributed by atoms with Crippen LogP contribution in [0, 0.1) is 0 Å². The molecule has 0 unspecified atom stereocenters. The van der Waals surface area contributed by atoms with Gasteiger partial charge in [0.05, 0.1) is 25.5 Å². The summed E-state index contributed by atoms with van der Waals surface area (Å²) in [5.74, 6) is -1.78. The van der Waals surface area contributed by atoms with Gasteiger partial charge in [-0.05, 0) is 19.1 Å². The summed E-state index contributed by atoms with van der Waals surface area (Å²) >= 11 is 0. The van der Waals surface area contributed by atoms with Gasteiger partial charge in [0.1, 0.15) is 11.4 Å². The van der Waals surface area contributed by atoms with E-state index in [1.54, 1.807) is 25.2 Å². The van der Waals surface area contributed by atoms with Crippen molar-refractivity contribution in [2.24, 2.45) is 0 Å². The standard InChI is InChI=1S/C14H14N2O5/c1-3-21-14(19)12-10-6-4-5-7-16(10)13(18)9(15-12)8-11(17)20-2/h4-8,15H,3H2,1-2H3/b9-8-. The van der Waals surface area contributed by atoms with E-state index in [2.05, 4.69) is 10.1 Å². The van der Waals surface area contributed by atoms with Gasteiger partial charge in [0, 0.05) is 6.20 Å². The Kier molecular flexibility index (Phi) is 4.22. The zero-order chi connectivity index (χ0) is 15.4. The van der Waals surface area contributed by atoms with Gasteiger partial charge in [0.25, 0.3) is 5.91 Å². The van der Waals surface area contributed by atoms with Crippen molar-refractivity contribution in [3.05, 3.63) is 47.6 Å². The van der Waals surface area contributed by atoms with Crippen molar-refractivity contribution in [3.63, 3.8) is 0 Å². The van der Waals surface area contributed by atoms with E-state index in [-0.39, 0.29) is 18.0 Å². The summed E-state index contributed by atoms with van der Waals surface area (Å²) < 4.78 is 9.44. The maximum absolute atomic E-state index is 12.3. The van der Waals surface area contributed by atoms with Gasteiger partial charge < -0.3 is 14.8 Å². The molecule has 0 atom stereocenters. The fourth-order valence-corrected chi connectivity index (χ4v) is 1.84. The molecular weight excluding hydrogens is 276 g/mol. The number of amides is 1. The van der Waals surface area contributed by atoms with Crippen LogP contribution in [0.3, 0.4) is 0 Å². The molecule has 2 aliphatic rings. The number of esters is 2. The Morgan fingerprint density at radius 3 is 2.81 bits per heavy atom. The minimum Gasteiger partial charge on any atom is -0.466 e. The SMILES string of the molecule is CCOC(=O)C1=C2C=CC=CN2C(=O)/C(=C/C(=O)OC)N1. The molecule has 0 aliphatic carbocycles. The number of nitrogens with one attached hydrogen (secondary N) is 1. The second-order valence-electron chi connectivity index (χ2n) is 4.06. The van der Waals surface area contributed by atoms with Gasteiger partial charge in [-0.3, -0.25) is 9.69 Å². The number of methoxy groups -OCH3 is 1. The Hall–Kier alpha value is -2.83. The van der Waals surface area contributed by atoms with Gasteiger partial charge in [0.15, 0.2) is 0 Å². The fourth-order valence-electron chi connectivity index (χ4n) is 1.84. The van der Waals surface area contributed by atoms with Gasteiger partial charge in [-0.2, -0.15) is 0 Å². The van der Waals surface area contributed by atoms with Crippen molar-refractivity contribution in [1.82, 2.24) is 10.2 Å². The van der Waals surface area contributed by atoms with E-state index in [0.29, 0.717) is 5.70 Å². The fraction of sp³-hybridized carbons (Fsp3) is 0.214. The summed E-state index contributed by atoms with van der Waals surface area (Å²) in [4.78, 5) is 36.8. The Bertz CT molecular complexity index is 613. The molecule has 0 spiro atoms. The largest absolute Gasteiger partial charge is 0.466 e. The van der Waals surface area contributed by atoms with Crippen molar-refractivity contribution < 1.29 is 23.9 Å². The lowest BCUT2D eigenvalue weighted by Gasteiger charge is -2.30. The van der Waals surface area contributed by atoms with Crippen molar-refractivity contribution in [3.8, 4) is 0 Å². The quantitative estimate of drug-likeness (QED) is 0.595. The predicted octanol–water partition coefficient (Wildman–Crippen LogP) is 0.333. The van der Waals surface area contributed by atoms with Crippen LogP contribution in [0.2, 0.25) is 0 Å². The molecule has 0 radical (unpaired) electrons. The Labute approximate surface area is 121 Å². The number of hydrogen-bond donors (Lipinski definition) is 1. The molecule has 0 aromatic rings. The molecule has 7 heteroatoms. The van der Waals surface area contributed by atoms with Crippen molar-refractivity contribution >= 4 is 17.8 Å². The average Bonchev–Trinajstić information content (AvgIpc) is 2.50. The summed E-state index contributed by atoms with van der Waals surface area (Å²) in [5.41, 5.74) is 0.392. The second kappa shape index (κ2) is 6.08. The maximum atomic E-state index is 12.3. The number of hydrogen-bond acceptors (Lipinski definition) is 6. The summed E-state index contributed by atoms with van der Waals surface area (Å²) in [6, 6.07) is 0.